The maximum Gasteiger partial charge on any atom is 0.416 e. The van der Waals surface area contributed by atoms with E-state index in [0.29, 0.717) is 5.69 Å². The Morgan fingerprint density at radius 2 is 2.10 bits per heavy atom. The number of anilines is 1. The quantitative estimate of drug-likeness (QED) is 0.873. The van der Waals surface area contributed by atoms with Crippen molar-refractivity contribution in [3.8, 4) is 0 Å². The smallest absolute Gasteiger partial charge is 0.365 e. The third kappa shape index (κ3) is 4.10. The van der Waals surface area contributed by atoms with Crippen molar-refractivity contribution in [2.75, 3.05) is 18.5 Å². The molecule has 0 heterocycles. The fraction of sp³-hybridized carbons (Fsp3) is 0.500. The number of alkyl halides is 3. The van der Waals surface area contributed by atoms with Crippen LogP contribution in [0.5, 0.6) is 0 Å². The van der Waals surface area contributed by atoms with Crippen LogP contribution < -0.4 is 16.0 Å². The minimum absolute atomic E-state index is 0.0226. The lowest BCUT2D eigenvalue weighted by Gasteiger charge is -2.21. The zero-order valence-electron chi connectivity index (χ0n) is 11.7. The summed E-state index contributed by atoms with van der Waals surface area (Å²) >= 11 is 0. The summed E-state index contributed by atoms with van der Waals surface area (Å²) in [6.07, 6.45) is -2.44. The molecule has 0 atom stereocenters. The first-order valence-electron chi connectivity index (χ1n) is 6.72. The molecule has 116 valence electrons. The first-order valence-corrected chi connectivity index (χ1v) is 6.72. The number of nitrogens with one attached hydrogen (secondary N) is 1. The topological polar surface area (TPSA) is 58.4 Å². The summed E-state index contributed by atoms with van der Waals surface area (Å²) in [4.78, 5) is 13.3. The number of halogens is 3. The molecule has 21 heavy (non-hydrogen) atoms. The zero-order valence-corrected chi connectivity index (χ0v) is 11.7. The lowest BCUT2D eigenvalue weighted by Crippen LogP contribution is -2.36. The van der Waals surface area contributed by atoms with Crippen molar-refractivity contribution in [1.82, 2.24) is 5.32 Å². The normalized spacial score (nSPS) is 14.9. The Hall–Kier alpha value is -1.76. The lowest BCUT2D eigenvalue weighted by atomic mass is 10.1. The summed E-state index contributed by atoms with van der Waals surface area (Å²) < 4.78 is 38.4. The van der Waals surface area contributed by atoms with E-state index in [4.69, 9.17) is 5.73 Å². The molecule has 0 bridgehead atoms. The highest BCUT2D eigenvalue weighted by molar-refractivity contribution is 5.81. The first-order chi connectivity index (χ1) is 9.81. The molecule has 0 saturated heterocycles. The number of likely N-dealkylation sites (N-methyl/N-ethyl adjacent to an activating group) is 1. The molecule has 2 rings (SSSR count). The van der Waals surface area contributed by atoms with Gasteiger partial charge in [0.2, 0.25) is 5.91 Å². The molecule has 1 saturated carbocycles. The van der Waals surface area contributed by atoms with Gasteiger partial charge in [0.25, 0.3) is 0 Å². The molecule has 0 aliphatic heterocycles. The van der Waals surface area contributed by atoms with Gasteiger partial charge >= 0.3 is 6.18 Å². The van der Waals surface area contributed by atoms with Crippen LogP contribution in [-0.2, 0) is 17.5 Å². The van der Waals surface area contributed by atoms with Crippen LogP contribution in [0.2, 0.25) is 0 Å². The molecule has 1 fully saturated rings. The molecule has 0 aromatic heterocycles. The maximum absolute atomic E-state index is 12.8. The third-order valence-corrected chi connectivity index (χ3v) is 3.38. The predicted octanol–water partition coefficient (Wildman–Crippen LogP) is 1.88. The van der Waals surface area contributed by atoms with Crippen molar-refractivity contribution in [2.24, 2.45) is 5.73 Å². The molecule has 1 aliphatic rings. The van der Waals surface area contributed by atoms with Crippen molar-refractivity contribution < 1.29 is 18.0 Å². The standard InChI is InChI=1S/C14H18F3N3O/c1-20(8-13(21)19-10-2-3-10)11-4-5-12(14(15,16)17)9(6-11)7-18/h4-6,10H,2-3,7-8,18H2,1H3,(H,19,21). The summed E-state index contributed by atoms with van der Waals surface area (Å²) in [5, 5.41) is 2.83. The SMILES string of the molecule is CN(CC(=O)NC1CC1)c1ccc(C(F)(F)F)c(CN)c1. The second-order valence-corrected chi connectivity index (χ2v) is 5.24. The van der Waals surface area contributed by atoms with E-state index in [1.165, 1.54) is 12.1 Å². The molecule has 0 unspecified atom stereocenters. The van der Waals surface area contributed by atoms with Gasteiger partial charge in [0.05, 0.1) is 12.1 Å². The van der Waals surface area contributed by atoms with Crippen LogP contribution in [0.1, 0.15) is 24.0 Å². The van der Waals surface area contributed by atoms with Gasteiger partial charge in [-0.15, -0.1) is 0 Å². The average Bonchev–Trinajstić information content (AvgIpc) is 3.20. The number of rotatable bonds is 5. The van der Waals surface area contributed by atoms with Gasteiger partial charge in [0.1, 0.15) is 0 Å². The van der Waals surface area contributed by atoms with E-state index in [2.05, 4.69) is 5.32 Å². The number of nitrogens with zero attached hydrogens (tertiary/aromatic N) is 1. The molecule has 1 amide bonds. The van der Waals surface area contributed by atoms with Gasteiger partial charge in [-0.25, -0.2) is 0 Å². The van der Waals surface area contributed by atoms with E-state index in [1.54, 1.807) is 11.9 Å². The number of nitrogens with two attached hydrogens (primary N) is 1. The second-order valence-electron chi connectivity index (χ2n) is 5.24. The van der Waals surface area contributed by atoms with Gasteiger partial charge in [-0.3, -0.25) is 4.79 Å². The summed E-state index contributed by atoms with van der Waals surface area (Å²) in [6.45, 7) is -0.101. The molecule has 0 spiro atoms. The van der Waals surface area contributed by atoms with Gasteiger partial charge in [-0.2, -0.15) is 13.2 Å². The number of benzene rings is 1. The number of amides is 1. The Morgan fingerprint density at radius 1 is 1.43 bits per heavy atom. The molecule has 7 heteroatoms. The molecule has 4 nitrogen and oxygen atoms in total. The van der Waals surface area contributed by atoms with Gasteiger partial charge in [0, 0.05) is 25.3 Å². The third-order valence-electron chi connectivity index (χ3n) is 3.38. The second kappa shape index (κ2) is 5.93. The summed E-state index contributed by atoms with van der Waals surface area (Å²) in [5.74, 6) is -0.130. The van der Waals surface area contributed by atoms with Crippen molar-refractivity contribution in [3.63, 3.8) is 0 Å². The Kier molecular flexibility index (Phi) is 4.41. The van der Waals surface area contributed by atoms with Crippen LogP contribution in [-0.4, -0.2) is 25.5 Å². The number of hydrogen-bond acceptors (Lipinski definition) is 3. The minimum atomic E-state index is -4.42. The summed E-state index contributed by atoms with van der Waals surface area (Å²) in [7, 11) is 1.66. The van der Waals surface area contributed by atoms with Crippen molar-refractivity contribution in [1.29, 1.82) is 0 Å². The van der Waals surface area contributed by atoms with E-state index in [-0.39, 0.29) is 30.6 Å². The van der Waals surface area contributed by atoms with Crippen LogP contribution in [0.15, 0.2) is 18.2 Å². The highest BCUT2D eigenvalue weighted by Crippen LogP contribution is 2.33. The van der Waals surface area contributed by atoms with Gasteiger partial charge in [0.15, 0.2) is 0 Å². The zero-order chi connectivity index (χ0) is 15.6. The fourth-order valence-electron chi connectivity index (χ4n) is 2.07. The summed E-state index contributed by atoms with van der Waals surface area (Å²) in [6, 6.07) is 4.00. The Morgan fingerprint density at radius 3 is 2.62 bits per heavy atom. The molecule has 1 aliphatic carbocycles. The van der Waals surface area contributed by atoms with Crippen molar-refractivity contribution >= 4 is 11.6 Å². The Bertz CT molecular complexity index is 527. The van der Waals surface area contributed by atoms with Gasteiger partial charge in [-0.05, 0) is 36.6 Å². The molecular formula is C14H18F3N3O. The highest BCUT2D eigenvalue weighted by atomic mass is 19.4. The molecular weight excluding hydrogens is 283 g/mol. The van der Waals surface area contributed by atoms with Gasteiger partial charge < -0.3 is 16.0 Å². The highest BCUT2D eigenvalue weighted by Gasteiger charge is 2.33. The fourth-order valence-corrected chi connectivity index (χ4v) is 2.07. The molecule has 0 radical (unpaired) electrons. The van der Waals surface area contributed by atoms with Crippen molar-refractivity contribution in [3.05, 3.63) is 29.3 Å². The molecule has 1 aromatic carbocycles. The minimum Gasteiger partial charge on any atom is -0.365 e. The lowest BCUT2D eigenvalue weighted by molar-refractivity contribution is -0.138. The van der Waals surface area contributed by atoms with Crippen LogP contribution in [0.25, 0.3) is 0 Å². The average molecular weight is 301 g/mol. The number of carbonyl (C=O) groups excluding carboxylic acids is 1. The number of carbonyl (C=O) groups is 1. The van der Waals surface area contributed by atoms with Crippen LogP contribution in [0, 0.1) is 0 Å². The predicted molar refractivity (Wildman–Crippen MR) is 73.8 cm³/mol. The van der Waals surface area contributed by atoms with E-state index >= 15 is 0 Å². The monoisotopic (exact) mass is 301 g/mol. The van der Waals surface area contributed by atoms with Crippen molar-refractivity contribution in [2.45, 2.75) is 31.6 Å². The van der Waals surface area contributed by atoms with Gasteiger partial charge in [-0.1, -0.05) is 0 Å². The Labute approximate surface area is 121 Å². The van der Waals surface area contributed by atoms with E-state index in [0.717, 1.165) is 18.9 Å². The largest absolute Gasteiger partial charge is 0.416 e. The Balaban J connectivity index is 2.10. The summed E-state index contributed by atoms with van der Waals surface area (Å²) in [5.41, 5.74) is 5.22. The van der Waals surface area contributed by atoms with Crippen LogP contribution in [0.4, 0.5) is 18.9 Å². The molecule has 3 N–H and O–H groups in total. The first kappa shape index (κ1) is 15.6. The molecule has 1 aromatic rings. The number of hydrogen-bond donors (Lipinski definition) is 2. The van der Waals surface area contributed by atoms with Crippen LogP contribution in [0.3, 0.4) is 0 Å². The van der Waals surface area contributed by atoms with E-state index in [9.17, 15) is 18.0 Å². The van der Waals surface area contributed by atoms with E-state index < -0.39 is 11.7 Å². The maximum atomic E-state index is 12.8. The van der Waals surface area contributed by atoms with Crippen LogP contribution >= 0.6 is 0 Å². The van der Waals surface area contributed by atoms with E-state index in [1.807, 2.05) is 0 Å².